The van der Waals surface area contributed by atoms with Gasteiger partial charge in [0.25, 0.3) is 0 Å². The Hall–Kier alpha value is -1.19. The molecule has 0 aromatic carbocycles. The van der Waals surface area contributed by atoms with Crippen LogP contribution in [-0.4, -0.2) is 44.7 Å². The highest BCUT2D eigenvalue weighted by Gasteiger charge is 2.57. The Morgan fingerprint density at radius 2 is 1.65 bits per heavy atom. The van der Waals surface area contributed by atoms with Gasteiger partial charge in [0, 0.05) is 13.7 Å². The summed E-state index contributed by atoms with van der Waals surface area (Å²) in [6.07, 6.45) is -11.2. The lowest BCUT2D eigenvalue weighted by Gasteiger charge is -2.23. The van der Waals surface area contributed by atoms with E-state index in [0.29, 0.717) is 0 Å². The molecule has 0 aliphatic carbocycles. The van der Waals surface area contributed by atoms with Crippen molar-refractivity contribution in [2.75, 3.05) is 20.3 Å². The topological polar surface area (TPSA) is 50.4 Å². The van der Waals surface area contributed by atoms with E-state index in [0.717, 1.165) is 5.32 Å². The Morgan fingerprint density at radius 3 is 2.00 bits per heavy atom. The minimum atomic E-state index is -5.60. The average Bonchev–Trinajstić information content (AvgIpc) is 2.11. The minimum Gasteiger partial charge on any atom is -0.383 e. The Kier molecular flexibility index (Phi) is 5.52. The molecule has 0 aliphatic heterocycles. The van der Waals surface area contributed by atoms with Crippen LogP contribution in [0.4, 0.5) is 31.1 Å². The Labute approximate surface area is 92.3 Å². The van der Waals surface area contributed by atoms with Crippen molar-refractivity contribution in [3.63, 3.8) is 0 Å². The Morgan fingerprint density at radius 1 is 1.18 bits per heavy atom. The van der Waals surface area contributed by atoms with Crippen molar-refractivity contribution >= 4 is 6.03 Å². The molecular formula is C7H10F6N2O2. The van der Waals surface area contributed by atoms with E-state index in [9.17, 15) is 31.1 Å². The number of hydrogen-bond acceptors (Lipinski definition) is 2. The van der Waals surface area contributed by atoms with Crippen LogP contribution in [0.15, 0.2) is 0 Å². The number of hydrogen-bond donors (Lipinski definition) is 2. The molecule has 102 valence electrons. The average molecular weight is 268 g/mol. The zero-order valence-electron chi connectivity index (χ0n) is 8.58. The van der Waals surface area contributed by atoms with E-state index in [-0.39, 0.29) is 13.2 Å². The lowest BCUT2D eigenvalue weighted by Crippen LogP contribution is -2.57. The van der Waals surface area contributed by atoms with Gasteiger partial charge in [-0.3, -0.25) is 0 Å². The van der Waals surface area contributed by atoms with Crippen LogP contribution in [-0.2, 0) is 4.74 Å². The molecule has 2 N–H and O–H groups in total. The first-order valence-electron chi connectivity index (χ1n) is 4.25. The summed E-state index contributed by atoms with van der Waals surface area (Å²) in [6, 6.07) is -5.46. The fourth-order valence-electron chi connectivity index (χ4n) is 0.798. The number of alkyl halides is 6. The van der Waals surface area contributed by atoms with Crippen LogP contribution in [0, 0.1) is 0 Å². The molecule has 2 amide bonds. The number of rotatable bonds is 4. The maximum Gasteiger partial charge on any atom is 0.417 e. The van der Waals surface area contributed by atoms with Crippen molar-refractivity contribution in [2.24, 2.45) is 0 Å². The van der Waals surface area contributed by atoms with Gasteiger partial charge in [0.1, 0.15) is 0 Å². The second-order valence-electron chi connectivity index (χ2n) is 2.91. The highest BCUT2D eigenvalue weighted by atomic mass is 19.4. The number of nitrogens with one attached hydrogen (secondary N) is 2. The van der Waals surface area contributed by atoms with Crippen LogP contribution in [0.5, 0.6) is 0 Å². The van der Waals surface area contributed by atoms with Gasteiger partial charge < -0.3 is 15.4 Å². The lowest BCUT2D eigenvalue weighted by molar-refractivity contribution is -0.255. The second kappa shape index (κ2) is 5.94. The number of halogens is 6. The second-order valence-corrected chi connectivity index (χ2v) is 2.91. The summed E-state index contributed by atoms with van der Waals surface area (Å²) < 4.78 is 76.3. The van der Waals surface area contributed by atoms with Crippen molar-refractivity contribution in [1.82, 2.24) is 10.6 Å². The third kappa shape index (κ3) is 6.19. The number of ether oxygens (including phenoxy) is 1. The van der Waals surface area contributed by atoms with Gasteiger partial charge in [0.15, 0.2) is 0 Å². The zero-order chi connectivity index (χ0) is 13.7. The van der Waals surface area contributed by atoms with Crippen LogP contribution in [0.25, 0.3) is 0 Å². The van der Waals surface area contributed by atoms with Crippen LogP contribution < -0.4 is 10.6 Å². The molecule has 0 rings (SSSR count). The number of carbonyl (C=O) groups is 1. The fraction of sp³-hybridized carbons (Fsp3) is 0.857. The van der Waals surface area contributed by atoms with E-state index >= 15 is 0 Å². The summed E-state index contributed by atoms with van der Waals surface area (Å²) in [6.45, 7) is -0.235. The zero-order valence-corrected chi connectivity index (χ0v) is 8.58. The van der Waals surface area contributed by atoms with E-state index in [4.69, 9.17) is 0 Å². The molecular weight excluding hydrogens is 258 g/mol. The standard InChI is InChI=1S/C7H10F6N2O2/c1-17-3-2-14-5(16)15-4(6(8,9)10)7(11,12)13/h4H,2-3H2,1H3,(H2,14,15,16). The largest absolute Gasteiger partial charge is 0.417 e. The van der Waals surface area contributed by atoms with Gasteiger partial charge >= 0.3 is 18.4 Å². The molecule has 0 aliphatic rings. The van der Waals surface area contributed by atoms with Gasteiger partial charge in [-0.05, 0) is 0 Å². The molecule has 0 spiro atoms. The van der Waals surface area contributed by atoms with Crippen molar-refractivity contribution in [3.8, 4) is 0 Å². The molecule has 0 aromatic rings. The highest BCUT2D eigenvalue weighted by molar-refractivity contribution is 5.74. The summed E-state index contributed by atoms with van der Waals surface area (Å²) in [5.74, 6) is 0. The fourth-order valence-corrected chi connectivity index (χ4v) is 0.798. The van der Waals surface area contributed by atoms with E-state index in [1.54, 1.807) is 5.32 Å². The van der Waals surface area contributed by atoms with Gasteiger partial charge in [-0.2, -0.15) is 26.3 Å². The Balaban J connectivity index is 4.41. The monoisotopic (exact) mass is 268 g/mol. The molecule has 17 heavy (non-hydrogen) atoms. The quantitative estimate of drug-likeness (QED) is 0.598. The third-order valence-electron chi connectivity index (χ3n) is 1.52. The first kappa shape index (κ1) is 15.8. The van der Waals surface area contributed by atoms with Crippen LogP contribution >= 0.6 is 0 Å². The molecule has 0 atom stereocenters. The van der Waals surface area contributed by atoms with Crippen molar-refractivity contribution in [1.29, 1.82) is 0 Å². The van der Waals surface area contributed by atoms with Gasteiger partial charge in [-0.25, -0.2) is 4.79 Å². The van der Waals surface area contributed by atoms with Crippen molar-refractivity contribution < 1.29 is 35.9 Å². The van der Waals surface area contributed by atoms with E-state index < -0.39 is 24.4 Å². The summed E-state index contributed by atoms with van der Waals surface area (Å²) in [7, 11) is 1.26. The van der Waals surface area contributed by atoms with E-state index in [1.165, 1.54) is 7.11 Å². The molecule has 0 fully saturated rings. The van der Waals surface area contributed by atoms with Crippen LogP contribution in [0.2, 0.25) is 0 Å². The molecule has 4 nitrogen and oxygen atoms in total. The molecule has 0 saturated heterocycles. The number of amides is 2. The lowest BCUT2D eigenvalue weighted by atomic mass is 10.3. The smallest absolute Gasteiger partial charge is 0.383 e. The maximum atomic E-state index is 12.0. The van der Waals surface area contributed by atoms with Gasteiger partial charge in [-0.1, -0.05) is 0 Å². The predicted molar refractivity (Wildman–Crippen MR) is 44.3 cm³/mol. The first-order valence-corrected chi connectivity index (χ1v) is 4.25. The molecule has 0 bridgehead atoms. The summed E-state index contributed by atoms with van der Waals surface area (Å²) in [5, 5.41) is 2.58. The van der Waals surface area contributed by atoms with Gasteiger partial charge in [0.2, 0.25) is 6.04 Å². The van der Waals surface area contributed by atoms with Gasteiger partial charge in [0.05, 0.1) is 6.61 Å². The number of carbonyl (C=O) groups excluding carboxylic acids is 1. The van der Waals surface area contributed by atoms with Crippen molar-refractivity contribution in [2.45, 2.75) is 18.4 Å². The maximum absolute atomic E-state index is 12.0. The first-order chi connectivity index (χ1) is 7.59. The van der Waals surface area contributed by atoms with Crippen molar-refractivity contribution in [3.05, 3.63) is 0 Å². The third-order valence-corrected chi connectivity index (χ3v) is 1.52. The molecule has 10 heteroatoms. The normalized spacial score (nSPS) is 12.7. The van der Waals surface area contributed by atoms with Gasteiger partial charge in [-0.15, -0.1) is 0 Å². The Bertz CT molecular complexity index is 238. The van der Waals surface area contributed by atoms with E-state index in [1.807, 2.05) is 0 Å². The SMILES string of the molecule is COCCNC(=O)NC(C(F)(F)F)C(F)(F)F. The minimum absolute atomic E-state index is 0.0316. The van der Waals surface area contributed by atoms with E-state index in [2.05, 4.69) is 4.74 Å². The molecule has 0 saturated carbocycles. The molecule has 0 unspecified atom stereocenters. The number of urea groups is 1. The highest BCUT2D eigenvalue weighted by Crippen LogP contribution is 2.32. The van der Waals surface area contributed by atoms with Crippen LogP contribution in [0.3, 0.4) is 0 Å². The molecule has 0 heterocycles. The summed E-state index contributed by atoms with van der Waals surface area (Å²) >= 11 is 0. The molecule has 0 aromatic heterocycles. The predicted octanol–water partition coefficient (Wildman–Crippen LogP) is 1.43. The number of methoxy groups -OCH3 is 1. The molecule has 0 radical (unpaired) electrons. The summed E-state index contributed by atoms with van der Waals surface area (Å²) in [4.78, 5) is 10.7. The van der Waals surface area contributed by atoms with Crippen LogP contribution in [0.1, 0.15) is 0 Å². The summed E-state index contributed by atoms with van der Waals surface area (Å²) in [5.41, 5.74) is 0.